The molecule has 0 aliphatic rings. The number of halogens is 1. The smallest absolute Gasteiger partial charge is 0.267 e. The highest BCUT2D eigenvalue weighted by Crippen LogP contribution is 2.32. The van der Waals surface area contributed by atoms with E-state index in [1.54, 1.807) is 0 Å². The van der Waals surface area contributed by atoms with Gasteiger partial charge in [-0.3, -0.25) is 4.79 Å². The van der Waals surface area contributed by atoms with Gasteiger partial charge in [0, 0.05) is 13.1 Å². The first-order valence-electron chi connectivity index (χ1n) is 7.79. The van der Waals surface area contributed by atoms with Gasteiger partial charge in [0.05, 0.1) is 14.6 Å². The second-order valence-electron chi connectivity index (χ2n) is 5.42. The lowest BCUT2D eigenvalue weighted by atomic mass is 10.1. The Kier molecular flexibility index (Phi) is 5.03. The number of nitrogens with zero attached hydrogens (tertiary/aromatic N) is 1. The fraction of sp³-hybridized carbons (Fsp3) is 0.278. The predicted molar refractivity (Wildman–Crippen MR) is 97.6 cm³/mol. The van der Waals surface area contributed by atoms with Crippen LogP contribution in [0, 0.1) is 0 Å². The predicted octanol–water partition coefficient (Wildman–Crippen LogP) is 4.74. The number of carbonyl (C=O) groups is 1. The summed E-state index contributed by atoms with van der Waals surface area (Å²) in [6.07, 6.45) is 1.91. The summed E-state index contributed by atoms with van der Waals surface area (Å²) in [7, 11) is 0. The number of benzene rings is 1. The van der Waals surface area contributed by atoms with Crippen LogP contribution in [0.1, 0.15) is 29.4 Å². The summed E-state index contributed by atoms with van der Waals surface area (Å²) in [5, 5.41) is 3.02. The van der Waals surface area contributed by atoms with Gasteiger partial charge < -0.3 is 9.88 Å². The molecule has 3 nitrogen and oxygen atoms in total. The van der Waals surface area contributed by atoms with Gasteiger partial charge in [-0.15, -0.1) is 11.3 Å². The quantitative estimate of drug-likeness (QED) is 0.643. The summed E-state index contributed by atoms with van der Waals surface area (Å²) in [6.45, 7) is 3.47. The number of carbonyl (C=O) groups excluding carboxylic acids is 1. The third-order valence-electron chi connectivity index (χ3n) is 3.88. The van der Waals surface area contributed by atoms with Crippen LogP contribution in [0.4, 0.5) is 0 Å². The molecule has 0 fully saturated rings. The van der Waals surface area contributed by atoms with Crippen LogP contribution in [0.5, 0.6) is 0 Å². The van der Waals surface area contributed by atoms with Crippen LogP contribution in [0.25, 0.3) is 10.2 Å². The molecule has 1 N–H and O–H groups in total. The lowest BCUT2D eigenvalue weighted by Crippen LogP contribution is -2.27. The molecule has 0 bridgehead atoms. The summed E-state index contributed by atoms with van der Waals surface area (Å²) in [6, 6.07) is 14.2. The Hall–Kier alpha value is -1.78. The zero-order valence-electron chi connectivity index (χ0n) is 13.0. The van der Waals surface area contributed by atoms with Crippen molar-refractivity contribution >= 4 is 39.1 Å². The molecule has 2 heterocycles. The molecule has 0 unspecified atom stereocenters. The van der Waals surface area contributed by atoms with Gasteiger partial charge in [-0.2, -0.15) is 0 Å². The van der Waals surface area contributed by atoms with Crippen LogP contribution in [-0.4, -0.2) is 17.0 Å². The normalized spacial score (nSPS) is 11.0. The second-order valence-corrected chi connectivity index (χ2v) is 7.13. The van der Waals surface area contributed by atoms with Crippen LogP contribution in [0.2, 0.25) is 4.34 Å². The molecule has 0 aliphatic carbocycles. The minimum atomic E-state index is -0.0144. The molecule has 3 aromatic rings. The van der Waals surface area contributed by atoms with Crippen LogP contribution in [-0.2, 0) is 13.0 Å². The van der Waals surface area contributed by atoms with E-state index in [1.165, 1.54) is 16.9 Å². The van der Waals surface area contributed by atoms with Crippen molar-refractivity contribution in [1.82, 2.24) is 9.88 Å². The Morgan fingerprint density at radius 2 is 2.04 bits per heavy atom. The van der Waals surface area contributed by atoms with Crippen LogP contribution >= 0.6 is 22.9 Å². The molecule has 0 atom stereocenters. The maximum Gasteiger partial charge on any atom is 0.267 e. The average molecular weight is 347 g/mol. The molecular formula is C18H19ClN2OS. The molecule has 120 valence electrons. The van der Waals surface area contributed by atoms with Crippen molar-refractivity contribution in [3.05, 3.63) is 58.1 Å². The first-order valence-corrected chi connectivity index (χ1v) is 8.99. The molecule has 0 saturated carbocycles. The fourth-order valence-electron chi connectivity index (χ4n) is 2.77. The molecule has 1 aromatic carbocycles. The first-order chi connectivity index (χ1) is 11.2. The zero-order chi connectivity index (χ0) is 16.2. The van der Waals surface area contributed by atoms with E-state index < -0.39 is 0 Å². The molecule has 3 rings (SSSR count). The van der Waals surface area contributed by atoms with Gasteiger partial charge in [-0.1, -0.05) is 41.9 Å². The second kappa shape index (κ2) is 7.20. The summed E-state index contributed by atoms with van der Waals surface area (Å²) < 4.78 is 3.84. The highest BCUT2D eigenvalue weighted by Gasteiger charge is 2.16. The van der Waals surface area contributed by atoms with Gasteiger partial charge in [0.1, 0.15) is 5.69 Å². The monoisotopic (exact) mass is 346 g/mol. The number of hydrogen-bond acceptors (Lipinski definition) is 2. The number of aryl methyl sites for hydroxylation is 2. The van der Waals surface area contributed by atoms with E-state index in [4.69, 9.17) is 11.6 Å². The molecule has 5 heteroatoms. The van der Waals surface area contributed by atoms with Gasteiger partial charge in [0.2, 0.25) is 0 Å². The van der Waals surface area contributed by atoms with E-state index in [1.807, 2.05) is 41.8 Å². The minimum absolute atomic E-state index is 0.0144. The van der Waals surface area contributed by atoms with Crippen molar-refractivity contribution in [3.8, 4) is 0 Å². The Balaban J connectivity index is 1.61. The van der Waals surface area contributed by atoms with E-state index in [2.05, 4.69) is 17.4 Å². The molecule has 0 saturated heterocycles. The van der Waals surface area contributed by atoms with Gasteiger partial charge in [0.25, 0.3) is 5.91 Å². The third kappa shape index (κ3) is 3.59. The van der Waals surface area contributed by atoms with Crippen LogP contribution in [0.3, 0.4) is 0 Å². The van der Waals surface area contributed by atoms with Gasteiger partial charge in [-0.25, -0.2) is 0 Å². The lowest BCUT2D eigenvalue weighted by molar-refractivity contribution is 0.0944. The fourth-order valence-corrected chi connectivity index (χ4v) is 3.95. The molecule has 0 spiro atoms. The number of fused-ring (bicyclic) bond motifs is 1. The van der Waals surface area contributed by atoms with Crippen molar-refractivity contribution in [2.24, 2.45) is 0 Å². The maximum absolute atomic E-state index is 12.4. The Morgan fingerprint density at radius 3 is 2.78 bits per heavy atom. The van der Waals surface area contributed by atoms with Gasteiger partial charge >= 0.3 is 0 Å². The standard InChI is InChI=1S/C18H19ClN2OS/c1-2-21-14-12-17(19)23-16(14)11-15(21)18(22)20-10-6-9-13-7-4-3-5-8-13/h3-5,7-8,11-12H,2,6,9-10H2,1H3,(H,20,22). The van der Waals surface area contributed by atoms with Gasteiger partial charge in [-0.05, 0) is 37.5 Å². The number of aromatic nitrogens is 1. The van der Waals surface area contributed by atoms with Crippen molar-refractivity contribution < 1.29 is 4.79 Å². The SMILES string of the molecule is CCn1c(C(=O)NCCCc2ccccc2)cc2sc(Cl)cc21. The molecule has 0 aliphatic heterocycles. The van der Waals surface area contributed by atoms with E-state index in [0.29, 0.717) is 12.2 Å². The summed E-state index contributed by atoms with van der Waals surface area (Å²) >= 11 is 7.56. The number of amides is 1. The molecular weight excluding hydrogens is 328 g/mol. The topological polar surface area (TPSA) is 34.0 Å². The number of rotatable bonds is 6. The first kappa shape index (κ1) is 16.1. The third-order valence-corrected chi connectivity index (χ3v) is 5.08. The lowest BCUT2D eigenvalue weighted by Gasteiger charge is -2.08. The Bertz CT molecular complexity index is 807. The molecule has 1 amide bonds. The highest BCUT2D eigenvalue weighted by molar-refractivity contribution is 7.22. The number of nitrogens with one attached hydrogen (secondary N) is 1. The summed E-state index contributed by atoms with van der Waals surface area (Å²) in [5.41, 5.74) is 3.05. The molecule has 0 radical (unpaired) electrons. The Morgan fingerprint density at radius 1 is 1.26 bits per heavy atom. The Labute approximate surface area is 144 Å². The summed E-state index contributed by atoms with van der Waals surface area (Å²) in [5.74, 6) is -0.0144. The average Bonchev–Trinajstić information content (AvgIpc) is 3.08. The molecule has 23 heavy (non-hydrogen) atoms. The van der Waals surface area contributed by atoms with Crippen molar-refractivity contribution in [2.45, 2.75) is 26.3 Å². The van der Waals surface area contributed by atoms with Crippen molar-refractivity contribution in [1.29, 1.82) is 0 Å². The minimum Gasteiger partial charge on any atom is -0.351 e. The largest absolute Gasteiger partial charge is 0.351 e. The zero-order valence-corrected chi connectivity index (χ0v) is 14.6. The summed E-state index contributed by atoms with van der Waals surface area (Å²) in [4.78, 5) is 12.4. The van der Waals surface area contributed by atoms with Crippen LogP contribution < -0.4 is 5.32 Å². The van der Waals surface area contributed by atoms with Crippen molar-refractivity contribution in [3.63, 3.8) is 0 Å². The number of thiophene rings is 1. The van der Waals surface area contributed by atoms with E-state index in [-0.39, 0.29) is 5.91 Å². The van der Waals surface area contributed by atoms with E-state index >= 15 is 0 Å². The van der Waals surface area contributed by atoms with E-state index in [0.717, 1.165) is 33.9 Å². The van der Waals surface area contributed by atoms with Crippen LogP contribution in [0.15, 0.2) is 42.5 Å². The van der Waals surface area contributed by atoms with Crippen molar-refractivity contribution in [2.75, 3.05) is 6.54 Å². The maximum atomic E-state index is 12.4. The molecule has 2 aromatic heterocycles. The van der Waals surface area contributed by atoms with Gasteiger partial charge in [0.15, 0.2) is 0 Å². The number of hydrogen-bond donors (Lipinski definition) is 1. The van der Waals surface area contributed by atoms with E-state index in [9.17, 15) is 4.79 Å². The highest BCUT2D eigenvalue weighted by atomic mass is 35.5.